The Morgan fingerprint density at radius 3 is 1.54 bits per heavy atom. The van der Waals surface area contributed by atoms with E-state index in [1.807, 2.05) is 24.3 Å². The number of nitrogens with one attached hydrogen (secondary N) is 1. The molecule has 2 aromatic carbocycles. The van der Waals surface area contributed by atoms with E-state index in [0.29, 0.717) is 85.8 Å². The molecule has 228 valence electrons. The number of alkyl carbamates (subject to hydrolysis) is 1. The molecule has 0 aromatic heterocycles. The smallest absolute Gasteiger partial charge is 0.407 e. The number of amides is 1. The maximum atomic E-state index is 12.2. The van der Waals surface area contributed by atoms with E-state index in [2.05, 4.69) is 36.5 Å². The number of benzene rings is 2. The standard InChI is InChI=1S/C32H47NO8/c1-2-3-8-14-35-16-18-37-20-22-39-24-25-40-23-21-38-19-17-36-15-13-33-32(34)41-26-31-29-11-6-4-9-27(29)28-10-5-7-12-30(28)31/h4-7,9-12,31H,2-3,8,13-26H2,1H3,(H,33,34). The Balaban J connectivity index is 1.06. The molecule has 9 nitrogen and oxygen atoms in total. The predicted octanol–water partition coefficient (Wildman–Crippen LogP) is 4.81. The van der Waals surface area contributed by atoms with Crippen LogP contribution in [-0.4, -0.2) is 98.5 Å². The van der Waals surface area contributed by atoms with Crippen LogP contribution in [0.1, 0.15) is 43.2 Å². The van der Waals surface area contributed by atoms with Crippen molar-refractivity contribution in [2.75, 3.05) is 92.4 Å². The first-order valence-corrected chi connectivity index (χ1v) is 14.9. The van der Waals surface area contributed by atoms with Crippen LogP contribution < -0.4 is 5.32 Å². The second-order valence-electron chi connectivity index (χ2n) is 9.63. The minimum Gasteiger partial charge on any atom is -0.449 e. The summed E-state index contributed by atoms with van der Waals surface area (Å²) in [6.07, 6.45) is 3.09. The first kappa shape index (κ1) is 33.0. The molecule has 0 spiro atoms. The van der Waals surface area contributed by atoms with Gasteiger partial charge in [-0.2, -0.15) is 0 Å². The Morgan fingerprint density at radius 1 is 0.610 bits per heavy atom. The van der Waals surface area contributed by atoms with E-state index in [1.54, 1.807) is 0 Å². The maximum absolute atomic E-state index is 12.2. The summed E-state index contributed by atoms with van der Waals surface area (Å²) in [7, 11) is 0. The molecule has 3 rings (SSSR count). The van der Waals surface area contributed by atoms with Gasteiger partial charge >= 0.3 is 6.09 Å². The summed E-state index contributed by atoms with van der Waals surface area (Å²) in [5.74, 6) is 0.0492. The fourth-order valence-electron chi connectivity index (χ4n) is 4.53. The van der Waals surface area contributed by atoms with Gasteiger partial charge in [0.15, 0.2) is 0 Å². The van der Waals surface area contributed by atoms with Crippen LogP contribution in [0.5, 0.6) is 0 Å². The third-order valence-electron chi connectivity index (χ3n) is 6.61. The summed E-state index contributed by atoms with van der Waals surface area (Å²) in [5, 5.41) is 2.74. The minimum atomic E-state index is -0.442. The van der Waals surface area contributed by atoms with Crippen LogP contribution in [-0.2, 0) is 33.2 Å². The molecule has 0 atom stereocenters. The van der Waals surface area contributed by atoms with Gasteiger partial charge in [0.1, 0.15) is 6.61 Å². The number of hydrogen-bond donors (Lipinski definition) is 1. The molecule has 1 aliphatic rings. The van der Waals surface area contributed by atoms with Gasteiger partial charge in [-0.1, -0.05) is 68.3 Å². The summed E-state index contributed by atoms with van der Waals surface area (Å²) in [6, 6.07) is 16.6. The monoisotopic (exact) mass is 573 g/mol. The van der Waals surface area contributed by atoms with Crippen LogP contribution in [0.4, 0.5) is 4.79 Å². The first-order chi connectivity index (χ1) is 20.3. The quantitative estimate of drug-likeness (QED) is 0.179. The topological polar surface area (TPSA) is 93.7 Å². The highest BCUT2D eigenvalue weighted by molar-refractivity contribution is 5.79. The van der Waals surface area contributed by atoms with Gasteiger partial charge in [0.05, 0.1) is 72.7 Å². The zero-order valence-corrected chi connectivity index (χ0v) is 24.5. The van der Waals surface area contributed by atoms with E-state index >= 15 is 0 Å². The van der Waals surface area contributed by atoms with Crippen molar-refractivity contribution in [2.45, 2.75) is 32.1 Å². The van der Waals surface area contributed by atoms with E-state index in [1.165, 1.54) is 35.1 Å². The van der Waals surface area contributed by atoms with Crippen molar-refractivity contribution in [3.63, 3.8) is 0 Å². The van der Waals surface area contributed by atoms with Crippen LogP contribution in [0, 0.1) is 0 Å². The van der Waals surface area contributed by atoms with Gasteiger partial charge in [-0.3, -0.25) is 0 Å². The van der Waals surface area contributed by atoms with E-state index in [-0.39, 0.29) is 5.92 Å². The fraction of sp³-hybridized carbons (Fsp3) is 0.594. The van der Waals surface area contributed by atoms with Gasteiger partial charge in [-0.05, 0) is 28.7 Å². The molecule has 0 saturated heterocycles. The van der Waals surface area contributed by atoms with Crippen LogP contribution in [0.2, 0.25) is 0 Å². The zero-order valence-electron chi connectivity index (χ0n) is 24.5. The molecule has 9 heteroatoms. The van der Waals surface area contributed by atoms with E-state index in [4.69, 9.17) is 33.2 Å². The molecule has 2 aromatic rings. The van der Waals surface area contributed by atoms with Crippen molar-refractivity contribution >= 4 is 6.09 Å². The van der Waals surface area contributed by atoms with Crippen molar-refractivity contribution in [1.82, 2.24) is 5.32 Å². The van der Waals surface area contributed by atoms with E-state index in [9.17, 15) is 4.79 Å². The second kappa shape index (κ2) is 21.2. The summed E-state index contributed by atoms with van der Waals surface area (Å²) in [6.45, 7) is 9.32. The van der Waals surface area contributed by atoms with Crippen molar-refractivity contribution in [3.8, 4) is 11.1 Å². The number of ether oxygens (including phenoxy) is 7. The largest absolute Gasteiger partial charge is 0.449 e. The number of carbonyl (C=O) groups excluding carboxylic acids is 1. The van der Waals surface area contributed by atoms with Crippen molar-refractivity contribution in [1.29, 1.82) is 0 Å². The number of unbranched alkanes of at least 4 members (excludes halogenated alkanes) is 2. The lowest BCUT2D eigenvalue weighted by atomic mass is 9.98. The third kappa shape index (κ3) is 12.9. The minimum absolute atomic E-state index is 0.0492. The van der Waals surface area contributed by atoms with Gasteiger partial charge in [0, 0.05) is 19.1 Å². The van der Waals surface area contributed by atoms with Crippen LogP contribution in [0.3, 0.4) is 0 Å². The van der Waals surface area contributed by atoms with Gasteiger partial charge < -0.3 is 38.5 Å². The normalized spacial score (nSPS) is 12.3. The highest BCUT2D eigenvalue weighted by Crippen LogP contribution is 2.44. The van der Waals surface area contributed by atoms with Crippen molar-refractivity contribution in [2.24, 2.45) is 0 Å². The third-order valence-corrected chi connectivity index (χ3v) is 6.61. The number of rotatable bonds is 24. The Labute approximate surface area is 244 Å². The molecule has 0 unspecified atom stereocenters. The molecule has 0 heterocycles. The SMILES string of the molecule is CCCCCOCCOCCOCCOCCOCCOCCNC(=O)OCC1c2ccccc2-c2ccccc21. The zero-order chi connectivity index (χ0) is 28.8. The highest BCUT2D eigenvalue weighted by atomic mass is 16.6. The molecule has 1 amide bonds. The van der Waals surface area contributed by atoms with Gasteiger partial charge in [-0.25, -0.2) is 4.79 Å². The summed E-state index contributed by atoms with van der Waals surface area (Å²) in [4.78, 5) is 12.2. The van der Waals surface area contributed by atoms with Crippen LogP contribution >= 0.6 is 0 Å². The van der Waals surface area contributed by atoms with E-state index in [0.717, 1.165) is 13.0 Å². The highest BCUT2D eigenvalue weighted by Gasteiger charge is 2.28. The van der Waals surface area contributed by atoms with Crippen LogP contribution in [0.15, 0.2) is 48.5 Å². The van der Waals surface area contributed by atoms with Crippen LogP contribution in [0.25, 0.3) is 11.1 Å². The molecule has 0 bridgehead atoms. The van der Waals surface area contributed by atoms with Gasteiger partial charge in [0.25, 0.3) is 0 Å². The average Bonchev–Trinajstić information content (AvgIpc) is 3.32. The number of fused-ring (bicyclic) bond motifs is 3. The second-order valence-corrected chi connectivity index (χ2v) is 9.63. The fourth-order valence-corrected chi connectivity index (χ4v) is 4.53. The summed E-state index contributed by atoms with van der Waals surface area (Å²) < 4.78 is 38.4. The maximum Gasteiger partial charge on any atom is 0.407 e. The average molecular weight is 574 g/mol. The Kier molecular flexibility index (Phi) is 17.1. The lowest BCUT2D eigenvalue weighted by Gasteiger charge is -2.14. The predicted molar refractivity (Wildman–Crippen MR) is 158 cm³/mol. The van der Waals surface area contributed by atoms with Gasteiger partial charge in [-0.15, -0.1) is 0 Å². The molecule has 1 aliphatic carbocycles. The summed E-state index contributed by atoms with van der Waals surface area (Å²) >= 11 is 0. The Hall–Kier alpha value is -2.53. The number of hydrogen-bond acceptors (Lipinski definition) is 8. The Bertz CT molecular complexity index is 927. The van der Waals surface area contributed by atoms with Crippen molar-refractivity contribution < 1.29 is 38.0 Å². The van der Waals surface area contributed by atoms with E-state index < -0.39 is 6.09 Å². The first-order valence-electron chi connectivity index (χ1n) is 14.9. The lowest BCUT2D eigenvalue weighted by molar-refractivity contribution is -0.0166. The van der Waals surface area contributed by atoms with Crippen molar-refractivity contribution in [3.05, 3.63) is 59.7 Å². The number of carbonyl (C=O) groups is 1. The molecular weight excluding hydrogens is 526 g/mol. The molecule has 0 radical (unpaired) electrons. The molecule has 0 aliphatic heterocycles. The molecular formula is C32H47NO8. The molecule has 41 heavy (non-hydrogen) atoms. The molecule has 0 saturated carbocycles. The Morgan fingerprint density at radius 2 is 1.05 bits per heavy atom. The molecule has 0 fully saturated rings. The lowest BCUT2D eigenvalue weighted by Crippen LogP contribution is -2.29. The molecule has 1 N–H and O–H groups in total. The van der Waals surface area contributed by atoms with Gasteiger partial charge in [0.2, 0.25) is 0 Å². The summed E-state index contributed by atoms with van der Waals surface area (Å²) in [5.41, 5.74) is 4.80.